The smallest absolute Gasteiger partial charge is 0.335 e. The Hall–Kier alpha value is -2.77. The molecule has 0 unspecified atom stereocenters. The van der Waals surface area contributed by atoms with E-state index in [1.165, 1.54) is 23.1 Å². The Kier molecular flexibility index (Phi) is 3.81. The van der Waals surface area contributed by atoms with Gasteiger partial charge in [0.2, 0.25) is 5.91 Å². The van der Waals surface area contributed by atoms with Gasteiger partial charge in [-0.25, -0.2) is 9.48 Å². The molecule has 2 aromatic rings. The van der Waals surface area contributed by atoms with E-state index < -0.39 is 5.97 Å². The molecule has 0 fully saturated rings. The third kappa shape index (κ3) is 3.60. The second-order valence-corrected chi connectivity index (χ2v) is 3.75. The van der Waals surface area contributed by atoms with Crippen molar-refractivity contribution >= 4 is 17.6 Å². The van der Waals surface area contributed by atoms with E-state index in [2.05, 4.69) is 20.8 Å². The number of amides is 1. The monoisotopic (exact) mass is 261 g/mol. The molecule has 98 valence electrons. The third-order valence-corrected chi connectivity index (χ3v) is 2.38. The lowest BCUT2D eigenvalue weighted by Crippen LogP contribution is -2.14. The number of hydrogen-bond donors (Lipinski definition) is 2. The first-order valence-electron chi connectivity index (χ1n) is 5.49. The minimum atomic E-state index is -1.00. The van der Waals surface area contributed by atoms with Crippen LogP contribution in [0.15, 0.2) is 30.6 Å². The lowest BCUT2D eigenvalue weighted by molar-refractivity contribution is -0.116. The van der Waals surface area contributed by atoms with Gasteiger partial charge in [0, 0.05) is 12.1 Å². The molecule has 0 saturated carbocycles. The van der Waals surface area contributed by atoms with E-state index in [1.807, 2.05) is 0 Å². The molecule has 0 aliphatic heterocycles. The SMILES string of the molecule is O=C(CCn1cnnn1)Nc1ccc(C(=O)O)cc1. The van der Waals surface area contributed by atoms with Gasteiger partial charge in [-0.05, 0) is 34.7 Å². The lowest BCUT2D eigenvalue weighted by Gasteiger charge is -2.05. The summed E-state index contributed by atoms with van der Waals surface area (Å²) in [5.74, 6) is -1.20. The van der Waals surface area contributed by atoms with E-state index >= 15 is 0 Å². The van der Waals surface area contributed by atoms with E-state index in [9.17, 15) is 9.59 Å². The Morgan fingerprint density at radius 2 is 2.00 bits per heavy atom. The molecule has 1 amide bonds. The lowest BCUT2D eigenvalue weighted by atomic mass is 10.2. The number of nitrogens with zero attached hydrogens (tertiary/aromatic N) is 4. The molecule has 0 spiro atoms. The number of rotatable bonds is 5. The Labute approximate surface area is 108 Å². The summed E-state index contributed by atoms with van der Waals surface area (Å²) in [7, 11) is 0. The largest absolute Gasteiger partial charge is 0.478 e. The molecule has 1 heterocycles. The number of aromatic nitrogens is 4. The highest BCUT2D eigenvalue weighted by molar-refractivity contribution is 5.92. The van der Waals surface area contributed by atoms with Crippen molar-refractivity contribution in [1.82, 2.24) is 20.2 Å². The predicted octanol–water partition coefficient (Wildman–Crippen LogP) is 0.400. The molecular formula is C11H11N5O3. The number of anilines is 1. The Morgan fingerprint density at radius 3 is 2.58 bits per heavy atom. The van der Waals surface area contributed by atoms with Gasteiger partial charge in [-0.2, -0.15) is 0 Å². The maximum absolute atomic E-state index is 11.6. The zero-order valence-corrected chi connectivity index (χ0v) is 9.85. The number of carboxylic acid groups (broad SMARTS) is 1. The molecule has 0 aliphatic carbocycles. The van der Waals surface area contributed by atoms with Crippen LogP contribution in [-0.4, -0.2) is 37.2 Å². The molecule has 1 aromatic carbocycles. The van der Waals surface area contributed by atoms with Crippen molar-refractivity contribution in [2.24, 2.45) is 0 Å². The van der Waals surface area contributed by atoms with Crippen molar-refractivity contribution in [3.8, 4) is 0 Å². The molecule has 2 N–H and O–H groups in total. The highest BCUT2D eigenvalue weighted by atomic mass is 16.4. The van der Waals surface area contributed by atoms with E-state index in [-0.39, 0.29) is 17.9 Å². The number of benzene rings is 1. The topological polar surface area (TPSA) is 110 Å². The summed E-state index contributed by atoms with van der Waals surface area (Å²) in [5.41, 5.74) is 0.721. The van der Waals surface area contributed by atoms with Gasteiger partial charge in [-0.1, -0.05) is 0 Å². The van der Waals surface area contributed by atoms with Crippen LogP contribution < -0.4 is 5.32 Å². The van der Waals surface area contributed by atoms with Crippen molar-refractivity contribution in [1.29, 1.82) is 0 Å². The van der Waals surface area contributed by atoms with Crippen molar-refractivity contribution in [3.05, 3.63) is 36.2 Å². The highest BCUT2D eigenvalue weighted by Gasteiger charge is 2.05. The molecule has 8 heteroatoms. The van der Waals surface area contributed by atoms with Gasteiger partial charge in [0.1, 0.15) is 6.33 Å². The molecule has 1 aromatic heterocycles. The van der Waals surface area contributed by atoms with Gasteiger partial charge in [0.15, 0.2) is 0 Å². The first-order valence-corrected chi connectivity index (χ1v) is 5.49. The maximum atomic E-state index is 11.6. The summed E-state index contributed by atoms with van der Waals surface area (Å²) in [4.78, 5) is 22.3. The summed E-state index contributed by atoms with van der Waals surface area (Å²) in [6.45, 7) is 0.381. The second-order valence-electron chi connectivity index (χ2n) is 3.75. The number of hydrogen-bond acceptors (Lipinski definition) is 5. The second kappa shape index (κ2) is 5.71. The first-order chi connectivity index (χ1) is 9.15. The summed E-state index contributed by atoms with van der Waals surface area (Å²) in [6.07, 6.45) is 1.65. The van der Waals surface area contributed by atoms with Crippen LogP contribution in [0.2, 0.25) is 0 Å². The van der Waals surface area contributed by atoms with Gasteiger partial charge in [0.05, 0.1) is 12.1 Å². The fourth-order valence-corrected chi connectivity index (χ4v) is 1.42. The number of carboxylic acids is 1. The number of carbonyl (C=O) groups is 2. The fourth-order valence-electron chi connectivity index (χ4n) is 1.42. The van der Waals surface area contributed by atoms with Crippen LogP contribution in [0.4, 0.5) is 5.69 Å². The Balaban J connectivity index is 1.86. The normalized spacial score (nSPS) is 10.1. The van der Waals surface area contributed by atoms with Crippen LogP contribution in [0.1, 0.15) is 16.8 Å². The molecule has 0 aliphatic rings. The summed E-state index contributed by atoms with van der Waals surface area (Å²) >= 11 is 0. The fraction of sp³-hybridized carbons (Fsp3) is 0.182. The molecule has 0 saturated heterocycles. The van der Waals surface area contributed by atoms with E-state index in [1.54, 1.807) is 12.1 Å². The minimum absolute atomic E-state index is 0.173. The average Bonchev–Trinajstić information content (AvgIpc) is 2.90. The van der Waals surface area contributed by atoms with Crippen LogP contribution >= 0.6 is 0 Å². The summed E-state index contributed by atoms with van der Waals surface area (Å²) < 4.78 is 1.45. The van der Waals surface area contributed by atoms with E-state index in [0.717, 1.165) is 0 Å². The van der Waals surface area contributed by atoms with Gasteiger partial charge in [-0.15, -0.1) is 5.10 Å². The number of nitrogens with one attached hydrogen (secondary N) is 1. The van der Waals surface area contributed by atoms with Crippen molar-refractivity contribution in [2.75, 3.05) is 5.32 Å². The van der Waals surface area contributed by atoms with Gasteiger partial charge >= 0.3 is 5.97 Å². The van der Waals surface area contributed by atoms with Crippen LogP contribution in [-0.2, 0) is 11.3 Å². The number of tetrazole rings is 1. The van der Waals surface area contributed by atoms with Crippen molar-refractivity contribution in [2.45, 2.75) is 13.0 Å². The summed E-state index contributed by atoms with van der Waals surface area (Å²) in [6, 6.07) is 5.94. The van der Waals surface area contributed by atoms with Gasteiger partial charge < -0.3 is 10.4 Å². The minimum Gasteiger partial charge on any atom is -0.478 e. The van der Waals surface area contributed by atoms with Gasteiger partial charge in [-0.3, -0.25) is 4.79 Å². The van der Waals surface area contributed by atoms with Gasteiger partial charge in [0.25, 0.3) is 0 Å². The predicted molar refractivity (Wildman–Crippen MR) is 64.5 cm³/mol. The molecular weight excluding hydrogens is 250 g/mol. The summed E-state index contributed by atoms with van der Waals surface area (Å²) in [5, 5.41) is 21.9. The quantitative estimate of drug-likeness (QED) is 0.806. The zero-order chi connectivity index (χ0) is 13.7. The van der Waals surface area contributed by atoms with Crippen LogP contribution in [0.3, 0.4) is 0 Å². The zero-order valence-electron chi connectivity index (χ0n) is 9.85. The Bertz CT molecular complexity index is 565. The van der Waals surface area contributed by atoms with Crippen molar-refractivity contribution in [3.63, 3.8) is 0 Å². The average molecular weight is 261 g/mol. The van der Waals surface area contributed by atoms with Crippen LogP contribution in [0.25, 0.3) is 0 Å². The maximum Gasteiger partial charge on any atom is 0.335 e. The molecule has 8 nitrogen and oxygen atoms in total. The van der Waals surface area contributed by atoms with E-state index in [0.29, 0.717) is 12.2 Å². The number of carbonyl (C=O) groups excluding carboxylic acids is 1. The molecule has 19 heavy (non-hydrogen) atoms. The first kappa shape index (κ1) is 12.7. The molecule has 0 atom stereocenters. The van der Waals surface area contributed by atoms with E-state index in [4.69, 9.17) is 5.11 Å². The Morgan fingerprint density at radius 1 is 1.26 bits per heavy atom. The number of aromatic carboxylic acids is 1. The standard InChI is InChI=1S/C11H11N5O3/c17-10(5-6-16-7-12-14-15-16)13-9-3-1-8(2-4-9)11(18)19/h1-4,7H,5-6H2,(H,13,17)(H,18,19). The highest BCUT2D eigenvalue weighted by Crippen LogP contribution is 2.09. The van der Waals surface area contributed by atoms with Crippen LogP contribution in [0, 0.1) is 0 Å². The third-order valence-electron chi connectivity index (χ3n) is 2.38. The number of aryl methyl sites for hydroxylation is 1. The molecule has 0 radical (unpaired) electrons. The molecule has 0 bridgehead atoms. The van der Waals surface area contributed by atoms with Crippen LogP contribution in [0.5, 0.6) is 0 Å². The molecule has 2 rings (SSSR count). The van der Waals surface area contributed by atoms with Crippen molar-refractivity contribution < 1.29 is 14.7 Å².